The summed E-state index contributed by atoms with van der Waals surface area (Å²) in [6, 6.07) is 24.2. The summed E-state index contributed by atoms with van der Waals surface area (Å²) in [5.41, 5.74) is 2.97. The second-order valence-electron chi connectivity index (χ2n) is 7.70. The summed E-state index contributed by atoms with van der Waals surface area (Å²) in [4.78, 5) is 22.6. The third-order valence-corrected chi connectivity index (χ3v) is 5.65. The molecule has 3 aromatic carbocycles. The molecule has 2 N–H and O–H groups in total. The minimum absolute atomic E-state index is 0.203. The minimum Gasteiger partial charge on any atom is -0.445 e. The monoisotopic (exact) mass is 412 g/mol. The van der Waals surface area contributed by atoms with Gasteiger partial charge in [-0.3, -0.25) is 4.90 Å². The number of hydrogen-bond acceptors (Lipinski definition) is 4. The van der Waals surface area contributed by atoms with Gasteiger partial charge >= 0.3 is 6.09 Å². The molecule has 2 heterocycles. The molecule has 156 valence electrons. The lowest BCUT2D eigenvalue weighted by molar-refractivity contribution is 0.0703. The van der Waals surface area contributed by atoms with Crippen LogP contribution in [0.1, 0.15) is 17.4 Å². The van der Waals surface area contributed by atoms with E-state index in [1.54, 1.807) is 4.90 Å². The Morgan fingerprint density at radius 2 is 1.84 bits per heavy atom. The van der Waals surface area contributed by atoms with Gasteiger partial charge in [0.2, 0.25) is 0 Å². The Morgan fingerprint density at radius 3 is 2.71 bits per heavy atom. The first-order valence-corrected chi connectivity index (χ1v) is 10.5. The Labute approximate surface area is 180 Å². The Balaban J connectivity index is 1.34. The second kappa shape index (κ2) is 8.62. The van der Waals surface area contributed by atoms with Crippen LogP contribution in [0.4, 0.5) is 4.79 Å². The van der Waals surface area contributed by atoms with Gasteiger partial charge in [0, 0.05) is 25.2 Å². The summed E-state index contributed by atoms with van der Waals surface area (Å²) in [7, 11) is 0. The Kier molecular flexibility index (Phi) is 5.37. The Hall–Kier alpha value is -3.64. The number of rotatable bonds is 4. The van der Waals surface area contributed by atoms with E-state index in [9.17, 15) is 4.79 Å². The highest BCUT2D eigenvalue weighted by Gasteiger charge is 2.31. The van der Waals surface area contributed by atoms with Crippen LogP contribution in [0.3, 0.4) is 0 Å². The van der Waals surface area contributed by atoms with Gasteiger partial charge in [-0.25, -0.2) is 9.78 Å². The molecule has 5 rings (SSSR count). The quantitative estimate of drug-likeness (QED) is 0.517. The predicted molar refractivity (Wildman–Crippen MR) is 120 cm³/mol. The van der Waals surface area contributed by atoms with Crippen molar-refractivity contribution in [1.82, 2.24) is 20.2 Å². The van der Waals surface area contributed by atoms with Crippen molar-refractivity contribution >= 4 is 16.9 Å². The lowest BCUT2D eigenvalue weighted by atomic mass is 10.1. The summed E-state index contributed by atoms with van der Waals surface area (Å²) in [5.74, 6) is 0.756. The van der Waals surface area contributed by atoms with Crippen molar-refractivity contribution in [2.75, 3.05) is 19.6 Å². The molecule has 1 aromatic heterocycles. The van der Waals surface area contributed by atoms with Crippen molar-refractivity contribution in [2.45, 2.75) is 12.6 Å². The van der Waals surface area contributed by atoms with Crippen LogP contribution >= 0.6 is 0 Å². The molecule has 0 aliphatic carbocycles. The van der Waals surface area contributed by atoms with Crippen molar-refractivity contribution in [1.29, 1.82) is 0 Å². The summed E-state index contributed by atoms with van der Waals surface area (Å²) in [5, 5.41) is 5.74. The first kappa shape index (κ1) is 19.3. The average Bonchev–Trinajstić information content (AvgIpc) is 3.33. The Bertz CT molecular complexity index is 1190. The first-order valence-electron chi connectivity index (χ1n) is 10.5. The largest absolute Gasteiger partial charge is 0.445 e. The molecule has 6 nitrogen and oxygen atoms in total. The van der Waals surface area contributed by atoms with Crippen molar-refractivity contribution in [2.24, 2.45) is 0 Å². The van der Waals surface area contributed by atoms with Gasteiger partial charge in [0.1, 0.15) is 18.5 Å². The topological polar surface area (TPSA) is 70.2 Å². The van der Waals surface area contributed by atoms with E-state index < -0.39 is 0 Å². The number of nitrogens with zero attached hydrogens (tertiary/aromatic N) is 2. The van der Waals surface area contributed by atoms with Crippen LogP contribution in [0.15, 0.2) is 79.0 Å². The molecular formula is C25H24N4O2. The van der Waals surface area contributed by atoms with Gasteiger partial charge in [-0.1, -0.05) is 66.7 Å². The lowest BCUT2D eigenvalue weighted by Crippen LogP contribution is -2.49. The zero-order valence-corrected chi connectivity index (χ0v) is 17.1. The Morgan fingerprint density at radius 1 is 1.03 bits per heavy atom. The average molecular weight is 412 g/mol. The van der Waals surface area contributed by atoms with E-state index in [1.807, 2.05) is 48.7 Å². The molecule has 0 radical (unpaired) electrons. The molecule has 0 bridgehead atoms. The number of aromatic nitrogens is 2. The third kappa shape index (κ3) is 4.15. The number of amides is 1. The molecule has 0 spiro atoms. The maximum Gasteiger partial charge on any atom is 0.410 e. The van der Waals surface area contributed by atoms with Gasteiger partial charge in [0.05, 0.1) is 11.9 Å². The predicted octanol–water partition coefficient (Wildman–Crippen LogP) is 4.51. The number of ether oxygens (including phenoxy) is 1. The van der Waals surface area contributed by atoms with Crippen LogP contribution in [0.25, 0.3) is 22.0 Å². The summed E-state index contributed by atoms with van der Waals surface area (Å²) < 4.78 is 5.58. The number of fused-ring (bicyclic) bond motifs is 1. The second-order valence-corrected chi connectivity index (χ2v) is 7.70. The highest BCUT2D eigenvalue weighted by atomic mass is 16.6. The van der Waals surface area contributed by atoms with Crippen molar-refractivity contribution < 1.29 is 9.53 Å². The van der Waals surface area contributed by atoms with Gasteiger partial charge < -0.3 is 15.0 Å². The summed E-state index contributed by atoms with van der Waals surface area (Å²) in [6.07, 6.45) is 1.51. The van der Waals surface area contributed by atoms with E-state index in [4.69, 9.17) is 4.74 Å². The summed E-state index contributed by atoms with van der Waals surface area (Å²) >= 11 is 0. The van der Waals surface area contributed by atoms with Crippen LogP contribution in [0, 0.1) is 0 Å². The molecule has 1 unspecified atom stereocenters. The molecule has 31 heavy (non-hydrogen) atoms. The van der Waals surface area contributed by atoms with E-state index in [2.05, 4.69) is 45.6 Å². The number of H-pyrrole nitrogens is 1. The molecule has 0 saturated carbocycles. The van der Waals surface area contributed by atoms with Crippen molar-refractivity contribution in [3.05, 3.63) is 90.4 Å². The third-order valence-electron chi connectivity index (χ3n) is 5.65. The van der Waals surface area contributed by atoms with Crippen molar-refractivity contribution in [3.8, 4) is 11.3 Å². The minimum atomic E-state index is -0.320. The highest BCUT2D eigenvalue weighted by molar-refractivity contribution is 5.86. The number of nitrogens with one attached hydrogen (secondary N) is 2. The molecule has 4 aromatic rings. The fraction of sp³-hybridized carbons (Fsp3) is 0.200. The van der Waals surface area contributed by atoms with Gasteiger partial charge in [-0.15, -0.1) is 0 Å². The molecule has 1 atom stereocenters. The molecule has 1 amide bonds. The van der Waals surface area contributed by atoms with Crippen LogP contribution in [-0.2, 0) is 11.3 Å². The summed E-state index contributed by atoms with van der Waals surface area (Å²) in [6.45, 7) is 2.20. The number of piperazine rings is 1. The van der Waals surface area contributed by atoms with E-state index in [1.165, 1.54) is 10.8 Å². The molecule has 1 saturated heterocycles. The number of benzene rings is 3. The fourth-order valence-electron chi connectivity index (χ4n) is 3.98. The lowest BCUT2D eigenvalue weighted by Gasteiger charge is -2.34. The van der Waals surface area contributed by atoms with Crippen molar-refractivity contribution in [3.63, 3.8) is 0 Å². The van der Waals surface area contributed by atoms with Gasteiger partial charge in [-0.2, -0.15) is 0 Å². The first-order chi connectivity index (χ1) is 15.3. The normalized spacial score (nSPS) is 16.4. The number of aromatic amines is 1. The fourth-order valence-corrected chi connectivity index (χ4v) is 3.98. The maximum absolute atomic E-state index is 12.8. The molecule has 6 heteroatoms. The van der Waals surface area contributed by atoms with Gasteiger partial charge in [0.15, 0.2) is 0 Å². The van der Waals surface area contributed by atoms with Crippen LogP contribution in [0.2, 0.25) is 0 Å². The molecule has 1 aliphatic heterocycles. The van der Waals surface area contributed by atoms with Crippen LogP contribution in [0.5, 0.6) is 0 Å². The smallest absolute Gasteiger partial charge is 0.410 e. The van der Waals surface area contributed by atoms with E-state index in [0.717, 1.165) is 29.2 Å². The number of imidazole rings is 1. The zero-order chi connectivity index (χ0) is 21.0. The SMILES string of the molecule is O=C(OCc1ccccc1)N1CCNCC1c1ncc(-c2ccc3ccccc3c2)[nH]1. The number of carbonyl (C=O) groups excluding carboxylic acids is 1. The van der Waals surface area contributed by atoms with Gasteiger partial charge in [0.25, 0.3) is 0 Å². The van der Waals surface area contributed by atoms with E-state index in [0.29, 0.717) is 13.1 Å². The van der Waals surface area contributed by atoms with E-state index >= 15 is 0 Å². The van der Waals surface area contributed by atoms with Crippen LogP contribution in [-0.4, -0.2) is 40.6 Å². The van der Waals surface area contributed by atoms with Crippen LogP contribution < -0.4 is 5.32 Å². The molecule has 1 aliphatic rings. The zero-order valence-electron chi connectivity index (χ0n) is 17.1. The molecular weight excluding hydrogens is 388 g/mol. The standard InChI is InChI=1S/C25H24N4O2/c30-25(31-17-18-6-2-1-3-7-18)29-13-12-26-16-23(29)24-27-15-22(28-24)21-11-10-19-8-4-5-9-20(19)14-21/h1-11,14-15,23,26H,12-13,16-17H2,(H,27,28). The maximum atomic E-state index is 12.8. The van der Waals surface area contributed by atoms with E-state index in [-0.39, 0.29) is 18.7 Å². The highest BCUT2D eigenvalue weighted by Crippen LogP contribution is 2.27. The molecule has 1 fully saturated rings. The number of hydrogen-bond donors (Lipinski definition) is 2. The number of carbonyl (C=O) groups is 1. The van der Waals surface area contributed by atoms with Gasteiger partial charge in [-0.05, 0) is 22.4 Å².